The summed E-state index contributed by atoms with van der Waals surface area (Å²) in [6.45, 7) is 2.09. The lowest BCUT2D eigenvalue weighted by Gasteiger charge is -2.24. The van der Waals surface area contributed by atoms with Crippen LogP contribution in [0.4, 0.5) is 0 Å². The first-order valence-corrected chi connectivity index (χ1v) is 8.14. The molecule has 20 heavy (non-hydrogen) atoms. The van der Waals surface area contributed by atoms with Crippen LogP contribution in [0.1, 0.15) is 41.9 Å². The first-order chi connectivity index (χ1) is 9.69. The number of aryl methyl sites for hydroxylation is 2. The Morgan fingerprint density at radius 3 is 2.75 bits per heavy atom. The summed E-state index contributed by atoms with van der Waals surface area (Å²) < 4.78 is 0.835. The van der Waals surface area contributed by atoms with Crippen LogP contribution in [0.5, 0.6) is 0 Å². The van der Waals surface area contributed by atoms with Crippen molar-refractivity contribution in [3.05, 3.63) is 56.5 Å². The van der Waals surface area contributed by atoms with Crippen LogP contribution in [0.25, 0.3) is 0 Å². The second-order valence-corrected chi connectivity index (χ2v) is 6.35. The lowest BCUT2D eigenvalue weighted by molar-refractivity contribution is 0.552. The molecule has 0 aliphatic heterocycles. The molecule has 0 radical (unpaired) electrons. The van der Waals surface area contributed by atoms with E-state index in [9.17, 15) is 0 Å². The lowest BCUT2D eigenvalue weighted by Crippen LogP contribution is -2.16. The molecule has 1 aliphatic rings. The van der Waals surface area contributed by atoms with Gasteiger partial charge in [-0.1, -0.05) is 42.8 Å². The fraction of sp³-hybridized carbons (Fsp3) is 0.375. The topological polar surface area (TPSA) is 25.8 Å². The third kappa shape index (κ3) is 2.61. The fourth-order valence-corrected chi connectivity index (χ4v) is 3.47. The molecule has 104 valence electrons. The molecule has 2 aromatic rings. The summed E-state index contributed by atoms with van der Waals surface area (Å²) in [5.74, 6) is 1.27. The standard InChI is InChI=1S/C16H16BrClN2/c1-2-13-14(17)15(18)20-16(19-13)12-8-7-10-5-3-4-6-11(10)9-12/h3-6,12H,2,7-9H2,1H3. The van der Waals surface area contributed by atoms with Crippen molar-refractivity contribution in [1.29, 1.82) is 0 Å². The molecule has 0 amide bonds. The van der Waals surface area contributed by atoms with Crippen LogP contribution < -0.4 is 0 Å². The second-order valence-electron chi connectivity index (χ2n) is 5.20. The highest BCUT2D eigenvalue weighted by Crippen LogP contribution is 2.33. The molecule has 0 saturated carbocycles. The van der Waals surface area contributed by atoms with Gasteiger partial charge >= 0.3 is 0 Å². The predicted molar refractivity (Wildman–Crippen MR) is 85.3 cm³/mol. The van der Waals surface area contributed by atoms with Gasteiger partial charge in [-0.2, -0.15) is 0 Å². The fourth-order valence-electron chi connectivity index (χ4n) is 2.82. The molecule has 1 atom stereocenters. The van der Waals surface area contributed by atoms with Crippen molar-refractivity contribution in [2.45, 2.75) is 38.5 Å². The van der Waals surface area contributed by atoms with Crippen molar-refractivity contribution in [3.63, 3.8) is 0 Å². The third-order valence-electron chi connectivity index (χ3n) is 3.94. The van der Waals surface area contributed by atoms with E-state index in [-0.39, 0.29) is 0 Å². The first-order valence-electron chi connectivity index (χ1n) is 6.97. The molecular weight excluding hydrogens is 336 g/mol. The Morgan fingerprint density at radius 1 is 1.25 bits per heavy atom. The van der Waals surface area contributed by atoms with E-state index >= 15 is 0 Å². The van der Waals surface area contributed by atoms with Gasteiger partial charge in [0, 0.05) is 5.92 Å². The van der Waals surface area contributed by atoms with E-state index in [0.717, 1.165) is 41.7 Å². The molecule has 4 heteroatoms. The number of fused-ring (bicyclic) bond motifs is 1. The van der Waals surface area contributed by atoms with Gasteiger partial charge in [-0.25, -0.2) is 9.97 Å². The van der Waals surface area contributed by atoms with Crippen LogP contribution >= 0.6 is 27.5 Å². The molecule has 1 heterocycles. The van der Waals surface area contributed by atoms with E-state index in [1.807, 2.05) is 0 Å². The van der Waals surface area contributed by atoms with Gasteiger partial charge in [0.15, 0.2) is 0 Å². The lowest BCUT2D eigenvalue weighted by atomic mass is 9.83. The molecule has 1 aliphatic carbocycles. The maximum Gasteiger partial charge on any atom is 0.147 e. The zero-order valence-corrected chi connectivity index (χ0v) is 13.7. The van der Waals surface area contributed by atoms with E-state index in [1.54, 1.807) is 0 Å². The number of aromatic nitrogens is 2. The molecular formula is C16H16BrClN2. The molecule has 0 fully saturated rings. The summed E-state index contributed by atoms with van der Waals surface area (Å²) in [5.41, 5.74) is 3.88. The SMILES string of the molecule is CCc1nc(C2CCc3ccccc3C2)nc(Cl)c1Br. The number of nitrogens with zero attached hydrogens (tertiary/aromatic N) is 2. The molecule has 0 saturated heterocycles. The van der Waals surface area contributed by atoms with Crippen molar-refractivity contribution in [1.82, 2.24) is 9.97 Å². The minimum absolute atomic E-state index is 0.376. The summed E-state index contributed by atoms with van der Waals surface area (Å²) in [6, 6.07) is 8.65. The maximum atomic E-state index is 6.22. The molecule has 1 aromatic carbocycles. The van der Waals surface area contributed by atoms with Crippen LogP contribution in [-0.2, 0) is 19.3 Å². The first kappa shape index (κ1) is 14.0. The van der Waals surface area contributed by atoms with Crippen molar-refractivity contribution >= 4 is 27.5 Å². The number of rotatable bonds is 2. The zero-order chi connectivity index (χ0) is 14.1. The summed E-state index contributed by atoms with van der Waals surface area (Å²) in [4.78, 5) is 9.19. The third-order valence-corrected chi connectivity index (χ3v) is 5.28. The van der Waals surface area contributed by atoms with Gasteiger partial charge in [0.2, 0.25) is 0 Å². The van der Waals surface area contributed by atoms with Crippen molar-refractivity contribution in [2.75, 3.05) is 0 Å². The molecule has 0 spiro atoms. The molecule has 2 nitrogen and oxygen atoms in total. The van der Waals surface area contributed by atoms with Gasteiger partial charge < -0.3 is 0 Å². The average molecular weight is 352 g/mol. The summed E-state index contributed by atoms with van der Waals surface area (Å²) in [7, 11) is 0. The van der Waals surface area contributed by atoms with Crippen LogP contribution in [0.2, 0.25) is 5.15 Å². The molecule has 1 aromatic heterocycles. The Morgan fingerprint density at radius 2 is 2.00 bits per heavy atom. The quantitative estimate of drug-likeness (QED) is 0.731. The summed E-state index contributed by atoms with van der Waals surface area (Å²) in [5, 5.41) is 0.533. The number of hydrogen-bond donors (Lipinski definition) is 0. The van der Waals surface area contributed by atoms with Crippen molar-refractivity contribution in [3.8, 4) is 0 Å². The predicted octanol–water partition coefficient (Wildman–Crippen LogP) is 4.73. The summed E-state index contributed by atoms with van der Waals surface area (Å²) >= 11 is 9.69. The molecule has 3 rings (SSSR count). The van der Waals surface area contributed by atoms with E-state index in [1.165, 1.54) is 11.1 Å². The number of hydrogen-bond acceptors (Lipinski definition) is 2. The summed E-state index contributed by atoms with van der Waals surface area (Å²) in [6.07, 6.45) is 4.06. The van der Waals surface area contributed by atoms with E-state index < -0.39 is 0 Å². The van der Waals surface area contributed by atoms with Gasteiger partial charge in [0.05, 0.1) is 10.2 Å². The van der Waals surface area contributed by atoms with Crippen LogP contribution in [0.15, 0.2) is 28.7 Å². The molecule has 1 unspecified atom stereocenters. The minimum Gasteiger partial charge on any atom is -0.236 e. The van der Waals surface area contributed by atoms with Crippen LogP contribution in [-0.4, -0.2) is 9.97 Å². The highest BCUT2D eigenvalue weighted by Gasteiger charge is 2.23. The van der Waals surface area contributed by atoms with Crippen LogP contribution in [0, 0.1) is 0 Å². The highest BCUT2D eigenvalue weighted by atomic mass is 79.9. The van der Waals surface area contributed by atoms with Gasteiger partial charge in [-0.15, -0.1) is 0 Å². The number of benzene rings is 1. The highest BCUT2D eigenvalue weighted by molar-refractivity contribution is 9.10. The average Bonchev–Trinajstić information content (AvgIpc) is 2.49. The van der Waals surface area contributed by atoms with Crippen molar-refractivity contribution in [2.24, 2.45) is 0 Å². The van der Waals surface area contributed by atoms with Crippen LogP contribution in [0.3, 0.4) is 0 Å². The second kappa shape index (κ2) is 5.82. The van der Waals surface area contributed by atoms with E-state index in [0.29, 0.717) is 11.1 Å². The van der Waals surface area contributed by atoms with E-state index in [2.05, 4.69) is 52.1 Å². The van der Waals surface area contributed by atoms with Crippen molar-refractivity contribution < 1.29 is 0 Å². The number of halogens is 2. The maximum absolute atomic E-state index is 6.22. The molecule has 0 bridgehead atoms. The van der Waals surface area contributed by atoms with Gasteiger partial charge in [0.1, 0.15) is 11.0 Å². The largest absolute Gasteiger partial charge is 0.236 e. The van der Waals surface area contributed by atoms with Gasteiger partial charge in [-0.05, 0) is 52.7 Å². The minimum atomic E-state index is 0.376. The Hall–Kier alpha value is -0.930. The monoisotopic (exact) mass is 350 g/mol. The molecule has 0 N–H and O–H groups in total. The van der Waals surface area contributed by atoms with E-state index in [4.69, 9.17) is 16.6 Å². The Labute approximate surface area is 132 Å². The Bertz CT molecular complexity index is 642. The van der Waals surface area contributed by atoms with Gasteiger partial charge in [-0.3, -0.25) is 0 Å². The normalized spacial score (nSPS) is 17.9. The Kier molecular flexibility index (Phi) is 4.08. The Balaban J connectivity index is 1.93. The van der Waals surface area contributed by atoms with Gasteiger partial charge in [0.25, 0.3) is 0 Å². The zero-order valence-electron chi connectivity index (χ0n) is 11.4. The smallest absolute Gasteiger partial charge is 0.147 e.